The van der Waals surface area contributed by atoms with Gasteiger partial charge in [0.1, 0.15) is 42.0 Å². The minimum absolute atomic E-state index is 0.00997. The summed E-state index contributed by atoms with van der Waals surface area (Å²) < 4.78 is 5.38. The number of likely N-dealkylation sites (tertiary alicyclic amines) is 1. The van der Waals surface area contributed by atoms with Crippen molar-refractivity contribution in [3.8, 4) is 5.75 Å². The third kappa shape index (κ3) is 14.5. The van der Waals surface area contributed by atoms with E-state index < -0.39 is 115 Å². The number of benzene rings is 2. The third-order valence-electron chi connectivity index (χ3n) is 9.72. The van der Waals surface area contributed by atoms with E-state index in [4.69, 9.17) is 21.9 Å². The van der Waals surface area contributed by atoms with E-state index in [0.29, 0.717) is 19.1 Å². The molecular weight excluding hydrogens is 811 g/mol. The van der Waals surface area contributed by atoms with E-state index in [2.05, 4.69) is 26.6 Å². The van der Waals surface area contributed by atoms with Crippen LogP contribution in [0.15, 0.2) is 48.5 Å². The first-order valence-corrected chi connectivity index (χ1v) is 19.9. The Kier molecular flexibility index (Phi) is 18.7. The van der Waals surface area contributed by atoms with Crippen molar-refractivity contribution >= 4 is 65.1 Å². The number of ketones is 1. The number of aliphatic hydroxyl groups is 1. The zero-order valence-corrected chi connectivity index (χ0v) is 34.9. The number of hydrogen-bond acceptors (Lipinski definition) is 14. The molecule has 0 bridgehead atoms. The molecule has 3 rings (SSSR count). The van der Waals surface area contributed by atoms with Crippen LogP contribution in [0.3, 0.4) is 0 Å². The maximum Gasteiger partial charge on any atom is 0.334 e. The van der Waals surface area contributed by atoms with E-state index in [9.17, 15) is 53.1 Å². The molecule has 12 N–H and O–H groups in total. The first-order chi connectivity index (χ1) is 29.2. The number of rotatable bonds is 22. The van der Waals surface area contributed by atoms with Crippen LogP contribution in [0.2, 0.25) is 0 Å². The lowest BCUT2D eigenvalue weighted by Crippen LogP contribution is -2.58. The van der Waals surface area contributed by atoms with Gasteiger partial charge in [-0.1, -0.05) is 38.1 Å². The normalized spacial score (nSPS) is 16.3. The number of aldehydes is 1. The Morgan fingerprint density at radius 2 is 1.47 bits per heavy atom. The number of nitrogens with two attached hydrogens (primary N) is 3. The average molecular weight is 866 g/mol. The van der Waals surface area contributed by atoms with Crippen LogP contribution in [0.25, 0.3) is 0 Å². The first-order valence-electron chi connectivity index (χ1n) is 19.9. The molecule has 2 aromatic carbocycles. The van der Waals surface area contributed by atoms with Crippen LogP contribution in [-0.2, 0) is 38.4 Å². The summed E-state index contributed by atoms with van der Waals surface area (Å²) in [6.07, 6.45) is -1.27. The number of amides is 7. The van der Waals surface area contributed by atoms with Gasteiger partial charge in [0.15, 0.2) is 12.1 Å². The van der Waals surface area contributed by atoms with Crippen LogP contribution in [-0.4, -0.2) is 125 Å². The van der Waals surface area contributed by atoms with E-state index >= 15 is 0 Å². The van der Waals surface area contributed by atoms with E-state index in [-0.39, 0.29) is 41.4 Å². The van der Waals surface area contributed by atoms with Crippen molar-refractivity contribution in [2.45, 2.75) is 102 Å². The van der Waals surface area contributed by atoms with Gasteiger partial charge in [-0.3, -0.25) is 43.2 Å². The standard InChI is InChI=1S/C41H55N9O12/c1-21(2)16-27(47-34(55)19-45-39(59)30-13-9-15-50(30)40(60)35(44)23(4)52)38(58)48-28(18-33(43)54)37(57)46-22(3)36(56)49-29(17-31(53)25-11-6-7-12-26(25)42)41(61)62-32-14-8-5-10-24(32)20-51/h5-8,10-12,14,20-23,27-30,35,52H,9,13,15-19,42,44H2,1-4H3,(H2,43,54)(H,45,59)(H,46,57)(H,47,55)(H,48,58)(H,49,56)/t22-,23+,27-,28-,29-,30-,35-/m0/s1. The lowest BCUT2D eigenvalue weighted by Gasteiger charge is -2.28. The molecule has 1 saturated heterocycles. The highest BCUT2D eigenvalue weighted by molar-refractivity contribution is 6.04. The number of carbonyl (C=O) groups is 10. The number of nitrogen functional groups attached to an aromatic ring is 1. The molecule has 21 nitrogen and oxygen atoms in total. The van der Waals surface area contributed by atoms with Gasteiger partial charge in [-0.15, -0.1) is 0 Å². The van der Waals surface area contributed by atoms with Crippen molar-refractivity contribution in [1.82, 2.24) is 31.5 Å². The van der Waals surface area contributed by atoms with E-state index in [1.165, 1.54) is 55.1 Å². The van der Waals surface area contributed by atoms with Crippen LogP contribution < -0.4 is 48.5 Å². The largest absolute Gasteiger partial charge is 0.424 e. The molecule has 1 aliphatic rings. The Labute approximate surface area is 357 Å². The summed E-state index contributed by atoms with van der Waals surface area (Å²) in [5.41, 5.74) is 17.3. The number of nitrogens with zero attached hydrogens (tertiary/aromatic N) is 1. The van der Waals surface area contributed by atoms with Gasteiger partial charge in [0.25, 0.3) is 0 Å². The molecule has 62 heavy (non-hydrogen) atoms. The number of ether oxygens (including phenoxy) is 1. The maximum atomic E-state index is 13.6. The van der Waals surface area contributed by atoms with Crippen molar-refractivity contribution in [3.05, 3.63) is 59.7 Å². The maximum absolute atomic E-state index is 13.6. The van der Waals surface area contributed by atoms with Gasteiger partial charge < -0.3 is 58.5 Å². The number of hydrogen-bond donors (Lipinski definition) is 9. The van der Waals surface area contributed by atoms with Crippen LogP contribution in [0.5, 0.6) is 5.75 Å². The average Bonchev–Trinajstić information content (AvgIpc) is 3.71. The molecule has 1 aliphatic heterocycles. The number of primary amides is 1. The van der Waals surface area contributed by atoms with Gasteiger partial charge >= 0.3 is 5.97 Å². The summed E-state index contributed by atoms with van der Waals surface area (Å²) in [7, 11) is 0. The molecular formula is C41H55N9O12. The zero-order chi connectivity index (χ0) is 46.3. The summed E-state index contributed by atoms with van der Waals surface area (Å²) >= 11 is 0. The van der Waals surface area contributed by atoms with Crippen molar-refractivity contribution in [2.24, 2.45) is 17.4 Å². The number of carbonyl (C=O) groups excluding carboxylic acids is 10. The van der Waals surface area contributed by atoms with Crippen LogP contribution >= 0.6 is 0 Å². The van der Waals surface area contributed by atoms with Crippen molar-refractivity contribution in [2.75, 3.05) is 18.8 Å². The number of anilines is 1. The van der Waals surface area contributed by atoms with Gasteiger partial charge in [-0.25, -0.2) is 4.79 Å². The first kappa shape index (κ1) is 49.6. The minimum atomic E-state index is -1.66. The topological polar surface area (TPSA) is 342 Å². The number of para-hydroxylation sites is 2. The minimum Gasteiger partial charge on any atom is -0.424 e. The number of nitrogens with one attached hydrogen (secondary N) is 5. The quantitative estimate of drug-likeness (QED) is 0.0203. The molecule has 2 aromatic rings. The number of aliphatic hydroxyl groups excluding tert-OH is 1. The summed E-state index contributed by atoms with van der Waals surface area (Å²) in [6.45, 7) is 5.69. The second kappa shape index (κ2) is 23.3. The summed E-state index contributed by atoms with van der Waals surface area (Å²) in [5, 5.41) is 21.8. The van der Waals surface area contributed by atoms with E-state index in [0.717, 1.165) is 0 Å². The fourth-order valence-electron chi connectivity index (χ4n) is 6.38. The van der Waals surface area contributed by atoms with E-state index in [1.54, 1.807) is 26.0 Å². The SMILES string of the molecule is CC(C)C[C@H](NC(=O)CNC(=O)[C@@H]1CCCN1C(=O)[C@@H](N)[C@@H](C)O)C(=O)N[C@@H](CC(N)=O)C(=O)N[C@@H](C)C(=O)N[C@@H](CC(=O)c1ccccc1N)C(=O)Oc1ccccc1C=O. The predicted octanol–water partition coefficient (Wildman–Crippen LogP) is -2.04. The molecule has 1 heterocycles. The predicted molar refractivity (Wildman–Crippen MR) is 221 cm³/mol. The van der Waals surface area contributed by atoms with Gasteiger partial charge in [-0.05, 0) is 63.3 Å². The second-order valence-electron chi connectivity index (χ2n) is 15.2. The fraction of sp³-hybridized carbons (Fsp3) is 0.463. The molecule has 1 fully saturated rings. The van der Waals surface area contributed by atoms with Crippen molar-refractivity contribution in [3.63, 3.8) is 0 Å². The van der Waals surface area contributed by atoms with Gasteiger partial charge in [0, 0.05) is 24.2 Å². The molecule has 336 valence electrons. The van der Waals surface area contributed by atoms with E-state index in [1.807, 2.05) is 0 Å². The van der Waals surface area contributed by atoms with Crippen molar-refractivity contribution < 1.29 is 57.8 Å². The third-order valence-corrected chi connectivity index (χ3v) is 9.72. The zero-order valence-electron chi connectivity index (χ0n) is 34.9. The number of Topliss-reactive ketones (excluding diaryl/α,β-unsaturated/α-hetero) is 1. The summed E-state index contributed by atoms with van der Waals surface area (Å²) in [6, 6.07) is 3.50. The van der Waals surface area contributed by atoms with Crippen molar-refractivity contribution in [1.29, 1.82) is 0 Å². The summed E-state index contributed by atoms with van der Waals surface area (Å²) in [5.74, 6) is -8.16. The molecule has 7 amide bonds. The molecule has 0 unspecified atom stereocenters. The Balaban J connectivity index is 1.70. The van der Waals surface area contributed by atoms with Gasteiger partial charge in [-0.2, -0.15) is 0 Å². The summed E-state index contributed by atoms with van der Waals surface area (Å²) in [4.78, 5) is 131. The van der Waals surface area contributed by atoms with Gasteiger partial charge in [0.2, 0.25) is 41.4 Å². The highest BCUT2D eigenvalue weighted by Crippen LogP contribution is 2.20. The smallest absolute Gasteiger partial charge is 0.334 e. The molecule has 0 radical (unpaired) electrons. The Hall–Kier alpha value is -6.74. The Bertz CT molecular complexity index is 2010. The van der Waals surface area contributed by atoms with Crippen LogP contribution in [0.4, 0.5) is 5.69 Å². The van der Waals surface area contributed by atoms with Crippen LogP contribution in [0.1, 0.15) is 80.5 Å². The highest BCUT2D eigenvalue weighted by Gasteiger charge is 2.38. The molecule has 0 aromatic heterocycles. The molecule has 0 saturated carbocycles. The Morgan fingerprint density at radius 1 is 0.839 bits per heavy atom. The Morgan fingerprint density at radius 3 is 2.10 bits per heavy atom. The van der Waals surface area contributed by atoms with Crippen LogP contribution in [0, 0.1) is 5.92 Å². The van der Waals surface area contributed by atoms with Gasteiger partial charge in [0.05, 0.1) is 24.6 Å². The second-order valence-corrected chi connectivity index (χ2v) is 15.2. The lowest BCUT2D eigenvalue weighted by atomic mass is 10.0. The fourth-order valence-corrected chi connectivity index (χ4v) is 6.38. The lowest BCUT2D eigenvalue weighted by molar-refractivity contribution is -0.141. The molecule has 0 spiro atoms. The number of esters is 1. The molecule has 21 heteroatoms. The molecule has 0 aliphatic carbocycles. The molecule has 7 atom stereocenters. The monoisotopic (exact) mass is 865 g/mol. The highest BCUT2D eigenvalue weighted by atomic mass is 16.5.